The second-order valence-corrected chi connectivity index (χ2v) is 10.3. The van der Waals surface area contributed by atoms with Gasteiger partial charge in [-0.1, -0.05) is 49.1 Å². The number of amides is 1. The van der Waals surface area contributed by atoms with Crippen molar-refractivity contribution < 1.29 is 4.79 Å². The fourth-order valence-corrected chi connectivity index (χ4v) is 5.59. The van der Waals surface area contributed by atoms with E-state index in [9.17, 15) is 4.79 Å². The van der Waals surface area contributed by atoms with Crippen LogP contribution >= 0.6 is 24.0 Å². The van der Waals surface area contributed by atoms with E-state index in [1.807, 2.05) is 36.4 Å². The first-order valence-corrected chi connectivity index (χ1v) is 11.1. The molecule has 2 aromatic carbocycles. The van der Waals surface area contributed by atoms with Crippen molar-refractivity contribution in [2.24, 2.45) is 0 Å². The maximum absolute atomic E-state index is 13.1. The molecule has 0 N–H and O–H groups in total. The number of fused-ring (bicyclic) bond motifs is 1. The van der Waals surface area contributed by atoms with Crippen LogP contribution < -0.4 is 9.80 Å². The molecule has 29 heavy (non-hydrogen) atoms. The molecule has 0 aliphatic carbocycles. The van der Waals surface area contributed by atoms with E-state index in [2.05, 4.69) is 51.8 Å². The van der Waals surface area contributed by atoms with E-state index in [0.29, 0.717) is 15.1 Å². The van der Waals surface area contributed by atoms with Crippen molar-refractivity contribution in [3.05, 3.63) is 64.1 Å². The lowest BCUT2D eigenvalue weighted by Gasteiger charge is -2.45. The molecule has 3 nitrogen and oxygen atoms in total. The molecule has 1 unspecified atom stereocenters. The molecule has 4 rings (SSSR count). The van der Waals surface area contributed by atoms with Crippen LogP contribution in [0, 0.1) is 6.92 Å². The van der Waals surface area contributed by atoms with Crippen LogP contribution in [0.2, 0.25) is 0 Å². The minimum absolute atomic E-state index is 0.0466. The van der Waals surface area contributed by atoms with Gasteiger partial charge < -0.3 is 4.90 Å². The molecule has 1 fully saturated rings. The van der Waals surface area contributed by atoms with Gasteiger partial charge >= 0.3 is 0 Å². The van der Waals surface area contributed by atoms with E-state index in [1.54, 1.807) is 4.90 Å². The number of nitrogens with zero attached hydrogens (tertiary/aromatic N) is 2. The van der Waals surface area contributed by atoms with Gasteiger partial charge in [0.05, 0.1) is 10.6 Å². The number of aryl methyl sites for hydroxylation is 1. The number of rotatable bonds is 2. The lowest BCUT2D eigenvalue weighted by atomic mass is 9.79. The normalized spacial score (nSPS) is 22.4. The first-order chi connectivity index (χ1) is 13.7. The summed E-state index contributed by atoms with van der Waals surface area (Å²) in [5.41, 5.74) is 5.86. The van der Waals surface area contributed by atoms with Crippen molar-refractivity contribution in [3.63, 3.8) is 0 Å². The second kappa shape index (κ2) is 7.29. The highest BCUT2D eigenvalue weighted by atomic mass is 32.2. The lowest BCUT2D eigenvalue weighted by Crippen LogP contribution is -2.45. The zero-order chi connectivity index (χ0) is 20.9. The number of carbonyl (C=O) groups excluding carboxylic acids is 1. The summed E-state index contributed by atoms with van der Waals surface area (Å²) in [7, 11) is 2.18. The Morgan fingerprint density at radius 3 is 2.59 bits per heavy atom. The largest absolute Gasteiger partial charge is 0.369 e. The Hall–Kier alpha value is -2.11. The highest BCUT2D eigenvalue weighted by Crippen LogP contribution is 2.44. The van der Waals surface area contributed by atoms with Gasteiger partial charge in [-0.15, -0.1) is 0 Å². The third-order valence-corrected chi connectivity index (χ3v) is 7.42. The van der Waals surface area contributed by atoms with Crippen LogP contribution in [0.5, 0.6) is 0 Å². The van der Waals surface area contributed by atoms with E-state index >= 15 is 0 Å². The van der Waals surface area contributed by atoms with Crippen LogP contribution in [0.1, 0.15) is 49.8 Å². The number of thiocarbonyl (C=S) groups is 1. The van der Waals surface area contributed by atoms with Gasteiger partial charge in [0.1, 0.15) is 0 Å². The van der Waals surface area contributed by atoms with Crippen LogP contribution in [0.4, 0.5) is 11.4 Å². The molecule has 150 valence electrons. The smallest absolute Gasteiger partial charge is 0.270 e. The van der Waals surface area contributed by atoms with Crippen molar-refractivity contribution >= 4 is 51.7 Å². The van der Waals surface area contributed by atoms with Crippen molar-refractivity contribution in [1.29, 1.82) is 0 Å². The SMILES string of the molecule is Cc1cc2c(cc1/C=C1\SC(=S)N(c3ccccc3)C1=O)C(C)CC(C)(C)N2C. The Bertz CT molecular complexity index is 1030. The Morgan fingerprint density at radius 2 is 1.90 bits per heavy atom. The summed E-state index contributed by atoms with van der Waals surface area (Å²) in [6.07, 6.45) is 3.11. The van der Waals surface area contributed by atoms with Crippen LogP contribution in [-0.2, 0) is 4.79 Å². The fourth-order valence-electron chi connectivity index (χ4n) is 4.30. The zero-order valence-electron chi connectivity index (χ0n) is 17.5. The van der Waals surface area contributed by atoms with Gasteiger partial charge in [-0.3, -0.25) is 9.69 Å². The van der Waals surface area contributed by atoms with E-state index in [4.69, 9.17) is 12.2 Å². The van der Waals surface area contributed by atoms with Crippen molar-refractivity contribution in [2.75, 3.05) is 16.8 Å². The van der Waals surface area contributed by atoms with Gasteiger partial charge in [0.25, 0.3) is 5.91 Å². The van der Waals surface area contributed by atoms with Crippen LogP contribution in [0.25, 0.3) is 6.08 Å². The summed E-state index contributed by atoms with van der Waals surface area (Å²) < 4.78 is 0.581. The molecule has 2 heterocycles. The number of hydrogen-bond donors (Lipinski definition) is 0. The number of hydrogen-bond acceptors (Lipinski definition) is 4. The molecule has 0 radical (unpaired) electrons. The fraction of sp³-hybridized carbons (Fsp3) is 0.333. The Kier molecular flexibility index (Phi) is 5.07. The van der Waals surface area contributed by atoms with Gasteiger partial charge in [-0.2, -0.15) is 0 Å². The number of carbonyl (C=O) groups is 1. The van der Waals surface area contributed by atoms with Gasteiger partial charge in [0, 0.05) is 18.3 Å². The molecule has 0 spiro atoms. The Balaban J connectivity index is 1.72. The minimum Gasteiger partial charge on any atom is -0.369 e. The van der Waals surface area contributed by atoms with Crippen LogP contribution in [0.3, 0.4) is 0 Å². The highest BCUT2D eigenvalue weighted by Gasteiger charge is 2.35. The maximum atomic E-state index is 13.1. The average molecular weight is 423 g/mol. The summed E-state index contributed by atoms with van der Waals surface area (Å²) >= 11 is 6.88. The molecular formula is C24H26N2OS2. The van der Waals surface area contributed by atoms with Gasteiger partial charge in [0.2, 0.25) is 0 Å². The molecule has 2 aromatic rings. The first-order valence-electron chi connectivity index (χ1n) is 9.90. The molecule has 0 saturated carbocycles. The summed E-state index contributed by atoms with van der Waals surface area (Å²) in [5.74, 6) is 0.428. The zero-order valence-corrected chi connectivity index (χ0v) is 19.2. The molecule has 2 aliphatic heterocycles. The molecule has 5 heteroatoms. The van der Waals surface area contributed by atoms with E-state index in [1.165, 1.54) is 28.6 Å². The topological polar surface area (TPSA) is 23.6 Å². The monoisotopic (exact) mass is 422 g/mol. The van der Waals surface area contributed by atoms with Crippen LogP contribution in [-0.4, -0.2) is 22.8 Å². The second-order valence-electron chi connectivity index (χ2n) is 8.60. The van der Waals surface area contributed by atoms with Crippen molar-refractivity contribution in [3.8, 4) is 0 Å². The molecule has 1 atom stereocenters. The lowest BCUT2D eigenvalue weighted by molar-refractivity contribution is -0.113. The molecule has 2 aliphatic rings. The number of benzene rings is 2. The molecular weight excluding hydrogens is 396 g/mol. The Morgan fingerprint density at radius 1 is 1.21 bits per heavy atom. The molecule has 0 aromatic heterocycles. The van der Waals surface area contributed by atoms with E-state index in [0.717, 1.165) is 17.7 Å². The quantitative estimate of drug-likeness (QED) is 0.429. The maximum Gasteiger partial charge on any atom is 0.270 e. The van der Waals surface area contributed by atoms with Crippen molar-refractivity contribution in [1.82, 2.24) is 0 Å². The van der Waals surface area contributed by atoms with E-state index < -0.39 is 0 Å². The number of thioether (sulfide) groups is 1. The molecule has 0 bridgehead atoms. The molecule has 1 amide bonds. The molecule has 1 saturated heterocycles. The average Bonchev–Trinajstić information content (AvgIpc) is 2.95. The first kappa shape index (κ1) is 20.2. The summed E-state index contributed by atoms with van der Waals surface area (Å²) in [6.45, 7) is 9.00. The van der Waals surface area contributed by atoms with Gasteiger partial charge in [-0.05, 0) is 80.1 Å². The van der Waals surface area contributed by atoms with Gasteiger partial charge in [0.15, 0.2) is 4.32 Å². The summed E-state index contributed by atoms with van der Waals surface area (Å²) in [5, 5.41) is 0. The van der Waals surface area contributed by atoms with Crippen LogP contribution in [0.15, 0.2) is 47.4 Å². The highest BCUT2D eigenvalue weighted by molar-refractivity contribution is 8.27. The summed E-state index contributed by atoms with van der Waals surface area (Å²) in [6, 6.07) is 14.1. The van der Waals surface area contributed by atoms with Crippen molar-refractivity contribution in [2.45, 2.75) is 45.6 Å². The number of anilines is 2. The minimum atomic E-state index is -0.0466. The predicted molar refractivity (Wildman–Crippen MR) is 129 cm³/mol. The number of para-hydroxylation sites is 1. The Labute approximate surface area is 182 Å². The standard InChI is InChI=1S/C24H26N2OS2/c1-15-11-20-19(16(2)14-24(3,4)25(20)5)12-17(15)13-21-22(27)26(23(28)29-21)18-9-7-6-8-10-18/h6-13,16H,14H2,1-5H3/b21-13-. The third-order valence-electron chi connectivity index (χ3n) is 6.12. The predicted octanol–water partition coefficient (Wildman–Crippen LogP) is 6.12. The third kappa shape index (κ3) is 3.51. The van der Waals surface area contributed by atoms with E-state index in [-0.39, 0.29) is 11.4 Å². The van der Waals surface area contributed by atoms with Gasteiger partial charge in [-0.25, -0.2) is 0 Å². The summed E-state index contributed by atoms with van der Waals surface area (Å²) in [4.78, 5) is 17.7.